The maximum atomic E-state index is 12.4. The molecule has 1 unspecified atom stereocenters. The highest BCUT2D eigenvalue weighted by atomic mass is 16.5. The van der Waals surface area contributed by atoms with E-state index >= 15 is 0 Å². The summed E-state index contributed by atoms with van der Waals surface area (Å²) in [6.45, 7) is 9.15. The van der Waals surface area contributed by atoms with E-state index in [-0.39, 0.29) is 18.2 Å². The molecule has 2 N–H and O–H groups in total. The minimum Gasteiger partial charge on any atom is -0.450 e. The van der Waals surface area contributed by atoms with E-state index in [4.69, 9.17) is 9.72 Å². The van der Waals surface area contributed by atoms with Crippen molar-refractivity contribution in [2.24, 2.45) is 0 Å². The van der Waals surface area contributed by atoms with Crippen molar-refractivity contribution in [2.75, 3.05) is 32.6 Å². The van der Waals surface area contributed by atoms with Crippen molar-refractivity contribution in [1.82, 2.24) is 25.0 Å². The number of carbonyl (C=O) groups excluding carboxylic acids is 1. The summed E-state index contributed by atoms with van der Waals surface area (Å²) in [5.74, 6) is 0. The molecule has 0 aliphatic heterocycles. The molecule has 0 aliphatic carbocycles. The third-order valence-corrected chi connectivity index (χ3v) is 5.86. The quantitative estimate of drug-likeness (QED) is 0.438. The largest absolute Gasteiger partial charge is 0.450 e. The predicted octanol–water partition coefficient (Wildman–Crippen LogP) is 4.16. The van der Waals surface area contributed by atoms with Crippen LogP contribution in [0, 0.1) is 0 Å². The van der Waals surface area contributed by atoms with Crippen molar-refractivity contribution in [2.45, 2.75) is 46.3 Å². The molecule has 36 heavy (non-hydrogen) atoms. The number of hydrogen-bond acceptors (Lipinski definition) is 7. The lowest BCUT2D eigenvalue weighted by Gasteiger charge is -2.21. The number of likely N-dealkylation sites (N-methyl/N-ethyl adjacent to an activating group) is 1. The number of anilines is 1. The molecule has 192 valence electrons. The first-order valence-electron chi connectivity index (χ1n) is 12.2. The van der Waals surface area contributed by atoms with Crippen molar-refractivity contribution >= 4 is 11.8 Å². The average molecular weight is 493 g/mol. The van der Waals surface area contributed by atoms with Crippen LogP contribution >= 0.6 is 0 Å². The van der Waals surface area contributed by atoms with Gasteiger partial charge in [0.1, 0.15) is 0 Å². The highest BCUT2D eigenvalue weighted by Gasteiger charge is 2.19. The third kappa shape index (κ3) is 6.77. The van der Waals surface area contributed by atoms with Gasteiger partial charge in [-0.3, -0.25) is 10.1 Å². The molecule has 2 heterocycles. The van der Waals surface area contributed by atoms with Crippen LogP contribution in [0.25, 0.3) is 22.5 Å². The maximum Gasteiger partial charge on any atom is 0.411 e. The van der Waals surface area contributed by atoms with Crippen molar-refractivity contribution in [3.8, 4) is 22.5 Å². The van der Waals surface area contributed by atoms with Gasteiger partial charge in [0.2, 0.25) is 0 Å². The Kier molecular flexibility index (Phi) is 9.32. The Balaban J connectivity index is 2.15. The SMILES string of the molecule is CCOC(=O)Nc1cc(-c2ccc(=O)n(C(C)C)n2)c(-c2ccccc2)nc1CNCC(C)N(C)C. The number of pyridine rings is 1. The summed E-state index contributed by atoms with van der Waals surface area (Å²) >= 11 is 0. The van der Waals surface area contributed by atoms with Crippen LogP contribution in [-0.2, 0) is 11.3 Å². The Morgan fingerprint density at radius 3 is 2.47 bits per heavy atom. The van der Waals surface area contributed by atoms with Gasteiger partial charge in [0.15, 0.2) is 0 Å². The summed E-state index contributed by atoms with van der Waals surface area (Å²) in [7, 11) is 4.06. The van der Waals surface area contributed by atoms with Crippen LogP contribution in [0.1, 0.15) is 39.4 Å². The Labute approximate surface area is 212 Å². The minimum atomic E-state index is -0.555. The summed E-state index contributed by atoms with van der Waals surface area (Å²) in [5.41, 5.74) is 3.93. The summed E-state index contributed by atoms with van der Waals surface area (Å²) in [5, 5.41) is 10.9. The van der Waals surface area contributed by atoms with Gasteiger partial charge in [0, 0.05) is 36.3 Å². The molecule has 0 fully saturated rings. The smallest absolute Gasteiger partial charge is 0.411 e. The zero-order chi connectivity index (χ0) is 26.2. The fourth-order valence-corrected chi connectivity index (χ4v) is 3.60. The van der Waals surface area contributed by atoms with E-state index in [9.17, 15) is 9.59 Å². The first kappa shape index (κ1) is 27.0. The van der Waals surface area contributed by atoms with Gasteiger partial charge in [-0.05, 0) is 53.9 Å². The van der Waals surface area contributed by atoms with Crippen molar-refractivity contribution in [1.29, 1.82) is 0 Å². The van der Waals surface area contributed by atoms with Gasteiger partial charge in [-0.1, -0.05) is 30.3 Å². The lowest BCUT2D eigenvalue weighted by molar-refractivity contribution is 0.168. The van der Waals surface area contributed by atoms with Crippen molar-refractivity contribution < 1.29 is 9.53 Å². The first-order chi connectivity index (χ1) is 17.2. The zero-order valence-corrected chi connectivity index (χ0v) is 21.9. The number of aromatic nitrogens is 3. The van der Waals surface area contributed by atoms with Gasteiger partial charge < -0.3 is 15.0 Å². The van der Waals surface area contributed by atoms with E-state index in [1.165, 1.54) is 10.7 Å². The van der Waals surface area contributed by atoms with Crippen LogP contribution in [-0.4, -0.2) is 59.0 Å². The van der Waals surface area contributed by atoms with Gasteiger partial charge in [0.25, 0.3) is 5.56 Å². The molecule has 9 heteroatoms. The van der Waals surface area contributed by atoms with Crippen LogP contribution < -0.4 is 16.2 Å². The number of ether oxygens (including phenoxy) is 1. The van der Waals surface area contributed by atoms with E-state index in [1.807, 2.05) is 64.3 Å². The minimum absolute atomic E-state index is 0.107. The fourth-order valence-electron chi connectivity index (χ4n) is 3.60. The molecule has 1 amide bonds. The van der Waals surface area contributed by atoms with Gasteiger partial charge in [-0.2, -0.15) is 5.10 Å². The lowest BCUT2D eigenvalue weighted by Crippen LogP contribution is -2.35. The molecule has 0 spiro atoms. The number of carbonyl (C=O) groups is 1. The molecular weight excluding hydrogens is 456 g/mol. The molecule has 0 saturated carbocycles. The van der Waals surface area contributed by atoms with E-state index < -0.39 is 6.09 Å². The molecule has 3 aromatic rings. The molecule has 2 aromatic heterocycles. The number of amides is 1. The average Bonchev–Trinajstić information content (AvgIpc) is 2.85. The van der Waals surface area contributed by atoms with E-state index in [0.29, 0.717) is 40.9 Å². The molecule has 0 radical (unpaired) electrons. The second-order valence-electron chi connectivity index (χ2n) is 9.13. The number of nitrogens with one attached hydrogen (secondary N) is 2. The molecule has 3 rings (SSSR count). The van der Waals surface area contributed by atoms with Gasteiger partial charge in [-0.25, -0.2) is 14.5 Å². The standard InChI is InChI=1S/C27H36N6O3/c1-7-36-27(35)30-23-15-21(22-13-14-25(34)33(31-22)18(2)3)26(20-11-9-8-10-12-20)29-24(23)17-28-16-19(4)32(5)6/h8-15,18-19,28H,7,16-17H2,1-6H3,(H,30,35). The van der Waals surface area contributed by atoms with Crippen LogP contribution in [0.4, 0.5) is 10.5 Å². The Bertz CT molecular complexity index is 1220. The van der Waals surface area contributed by atoms with E-state index in [2.05, 4.69) is 27.6 Å². The summed E-state index contributed by atoms with van der Waals surface area (Å²) in [6, 6.07) is 15.1. The zero-order valence-electron chi connectivity index (χ0n) is 21.9. The van der Waals surface area contributed by atoms with Crippen molar-refractivity contribution in [3.63, 3.8) is 0 Å². The van der Waals surface area contributed by atoms with Gasteiger partial charge in [0.05, 0.1) is 35.4 Å². The molecule has 0 saturated heterocycles. The van der Waals surface area contributed by atoms with Gasteiger partial charge in [-0.15, -0.1) is 0 Å². The number of rotatable bonds is 10. The highest BCUT2D eigenvalue weighted by molar-refractivity contribution is 5.89. The summed E-state index contributed by atoms with van der Waals surface area (Å²) in [6.07, 6.45) is -0.555. The molecule has 1 aromatic carbocycles. The second-order valence-corrected chi connectivity index (χ2v) is 9.13. The number of hydrogen-bond donors (Lipinski definition) is 2. The monoisotopic (exact) mass is 492 g/mol. The van der Waals surface area contributed by atoms with Crippen molar-refractivity contribution in [3.05, 3.63) is 64.6 Å². The van der Waals surface area contributed by atoms with E-state index in [0.717, 1.165) is 12.1 Å². The van der Waals surface area contributed by atoms with Crippen LogP contribution in [0.2, 0.25) is 0 Å². The molecule has 0 aliphatic rings. The predicted molar refractivity (Wildman–Crippen MR) is 143 cm³/mol. The van der Waals surface area contributed by atoms with Gasteiger partial charge >= 0.3 is 6.09 Å². The van der Waals surface area contributed by atoms with Crippen LogP contribution in [0.15, 0.2) is 53.3 Å². The number of benzene rings is 1. The molecule has 1 atom stereocenters. The Morgan fingerprint density at radius 2 is 1.83 bits per heavy atom. The summed E-state index contributed by atoms with van der Waals surface area (Å²) < 4.78 is 6.58. The van der Waals surface area contributed by atoms with E-state index in [1.54, 1.807) is 13.0 Å². The molecule has 0 bridgehead atoms. The number of nitrogens with zero attached hydrogens (tertiary/aromatic N) is 4. The Morgan fingerprint density at radius 1 is 1.11 bits per heavy atom. The third-order valence-electron chi connectivity index (χ3n) is 5.86. The molecule has 9 nitrogen and oxygen atoms in total. The van der Waals surface area contributed by atoms with Crippen LogP contribution in [0.3, 0.4) is 0 Å². The fraction of sp³-hybridized carbons (Fsp3) is 0.407. The first-order valence-corrected chi connectivity index (χ1v) is 12.2. The normalized spacial score (nSPS) is 12.1. The topological polar surface area (TPSA) is 101 Å². The summed E-state index contributed by atoms with van der Waals surface area (Å²) in [4.78, 5) is 31.9. The Hall–Kier alpha value is -3.56. The maximum absolute atomic E-state index is 12.4. The van der Waals surface area contributed by atoms with Crippen LogP contribution in [0.5, 0.6) is 0 Å². The molecular formula is C27H36N6O3. The lowest BCUT2D eigenvalue weighted by atomic mass is 10.0. The highest BCUT2D eigenvalue weighted by Crippen LogP contribution is 2.33. The second kappa shape index (κ2) is 12.4.